The van der Waals surface area contributed by atoms with E-state index in [-0.39, 0.29) is 12.0 Å². The number of rotatable bonds is 7. The second kappa shape index (κ2) is 5.51. The second-order valence-electron chi connectivity index (χ2n) is 5.85. The Morgan fingerprint density at radius 2 is 2.29 bits per heavy atom. The topological polar surface area (TPSA) is 32.3 Å². The molecule has 2 N–H and O–H groups in total. The first-order chi connectivity index (χ1) is 8.12. The predicted octanol–water partition coefficient (Wildman–Crippen LogP) is 3.20. The smallest absolute Gasteiger partial charge is 0.0443 e. The van der Waals surface area contributed by atoms with Crippen molar-refractivity contribution in [2.75, 3.05) is 13.2 Å². The summed E-state index contributed by atoms with van der Waals surface area (Å²) in [6, 6.07) is 4.91. The average molecular weight is 253 g/mol. The molecule has 17 heavy (non-hydrogen) atoms. The fourth-order valence-corrected chi connectivity index (χ4v) is 3.07. The fraction of sp³-hybridized carbons (Fsp3) is 0.714. The van der Waals surface area contributed by atoms with Gasteiger partial charge in [-0.15, -0.1) is 11.3 Å². The summed E-state index contributed by atoms with van der Waals surface area (Å²) in [6.45, 7) is 5.69. The Balaban J connectivity index is 1.91. The first-order valence-corrected chi connectivity index (χ1v) is 7.38. The summed E-state index contributed by atoms with van der Waals surface area (Å²) < 4.78 is 0. The molecule has 3 heteroatoms. The molecule has 1 aliphatic carbocycles. The molecule has 0 radical (unpaired) electrons. The largest absolute Gasteiger partial charge is 0.396 e. The Morgan fingerprint density at radius 1 is 1.53 bits per heavy atom. The van der Waals surface area contributed by atoms with E-state index in [1.165, 1.54) is 17.7 Å². The SMILES string of the molecule is CC(C)(CCO)CNC(c1cccs1)C1CC1. The number of thiophene rings is 1. The van der Waals surface area contributed by atoms with Gasteiger partial charge in [0.15, 0.2) is 0 Å². The Labute approximate surface area is 108 Å². The molecule has 1 aromatic rings. The lowest BCUT2D eigenvalue weighted by Crippen LogP contribution is -2.33. The number of nitrogens with one attached hydrogen (secondary N) is 1. The van der Waals surface area contributed by atoms with Gasteiger partial charge in [0, 0.05) is 24.1 Å². The molecule has 1 atom stereocenters. The Hall–Kier alpha value is -0.380. The van der Waals surface area contributed by atoms with E-state index in [9.17, 15) is 0 Å². The summed E-state index contributed by atoms with van der Waals surface area (Å²) >= 11 is 1.85. The summed E-state index contributed by atoms with van der Waals surface area (Å²) in [7, 11) is 0. The van der Waals surface area contributed by atoms with Crippen molar-refractivity contribution in [3.8, 4) is 0 Å². The van der Waals surface area contributed by atoms with Gasteiger partial charge >= 0.3 is 0 Å². The summed E-state index contributed by atoms with van der Waals surface area (Å²) in [4.78, 5) is 1.47. The minimum absolute atomic E-state index is 0.180. The lowest BCUT2D eigenvalue weighted by molar-refractivity contribution is 0.201. The van der Waals surface area contributed by atoms with Crippen LogP contribution in [0.2, 0.25) is 0 Å². The fourth-order valence-electron chi connectivity index (χ4n) is 2.17. The number of hydrogen-bond acceptors (Lipinski definition) is 3. The molecule has 0 aliphatic heterocycles. The van der Waals surface area contributed by atoms with Gasteiger partial charge in [0.1, 0.15) is 0 Å². The van der Waals surface area contributed by atoms with E-state index in [0.717, 1.165) is 18.9 Å². The maximum Gasteiger partial charge on any atom is 0.0443 e. The van der Waals surface area contributed by atoms with Crippen LogP contribution < -0.4 is 5.32 Å². The van der Waals surface area contributed by atoms with Crippen LogP contribution in [0.15, 0.2) is 17.5 Å². The van der Waals surface area contributed by atoms with Crippen LogP contribution >= 0.6 is 11.3 Å². The van der Waals surface area contributed by atoms with Crippen molar-refractivity contribution in [2.24, 2.45) is 11.3 Å². The molecule has 2 nitrogen and oxygen atoms in total. The first-order valence-electron chi connectivity index (χ1n) is 6.50. The molecule has 0 bridgehead atoms. The summed E-state index contributed by atoms with van der Waals surface area (Å²) in [5.74, 6) is 0.832. The van der Waals surface area contributed by atoms with Crippen LogP contribution in [-0.4, -0.2) is 18.3 Å². The minimum atomic E-state index is 0.180. The van der Waals surface area contributed by atoms with Crippen LogP contribution in [0.3, 0.4) is 0 Å². The van der Waals surface area contributed by atoms with Crippen molar-refractivity contribution in [3.05, 3.63) is 22.4 Å². The van der Waals surface area contributed by atoms with Gasteiger partial charge in [0.05, 0.1) is 0 Å². The summed E-state index contributed by atoms with van der Waals surface area (Å²) in [6.07, 6.45) is 3.58. The molecule has 1 fully saturated rings. The number of aliphatic hydroxyl groups is 1. The molecule has 2 rings (SSSR count). The summed E-state index contributed by atoms with van der Waals surface area (Å²) in [5.41, 5.74) is 0.180. The molecule has 1 heterocycles. The zero-order valence-corrected chi connectivity index (χ0v) is 11.6. The highest BCUT2D eigenvalue weighted by molar-refractivity contribution is 7.10. The third kappa shape index (κ3) is 3.80. The Kier molecular flexibility index (Phi) is 4.23. The molecule has 0 amide bonds. The predicted molar refractivity (Wildman–Crippen MR) is 73.3 cm³/mol. The van der Waals surface area contributed by atoms with E-state index in [1.54, 1.807) is 0 Å². The molecule has 1 aromatic heterocycles. The minimum Gasteiger partial charge on any atom is -0.396 e. The van der Waals surface area contributed by atoms with Gasteiger partial charge in [-0.05, 0) is 42.0 Å². The molecular formula is C14H23NOS. The van der Waals surface area contributed by atoms with Crippen molar-refractivity contribution >= 4 is 11.3 Å². The Bertz CT molecular complexity index is 330. The zero-order chi connectivity index (χ0) is 12.3. The monoisotopic (exact) mass is 253 g/mol. The highest BCUT2D eigenvalue weighted by atomic mass is 32.1. The average Bonchev–Trinajstić information content (AvgIpc) is 2.94. The van der Waals surface area contributed by atoms with Gasteiger partial charge in [0.2, 0.25) is 0 Å². The van der Waals surface area contributed by atoms with Crippen LogP contribution in [0.5, 0.6) is 0 Å². The molecule has 1 saturated carbocycles. The summed E-state index contributed by atoms with van der Waals surface area (Å²) in [5, 5.41) is 14.9. The maximum atomic E-state index is 9.05. The van der Waals surface area contributed by atoms with Crippen LogP contribution in [0.4, 0.5) is 0 Å². The van der Waals surface area contributed by atoms with Crippen molar-refractivity contribution in [3.63, 3.8) is 0 Å². The zero-order valence-electron chi connectivity index (χ0n) is 10.8. The third-order valence-corrected chi connectivity index (χ3v) is 4.49. The van der Waals surface area contributed by atoms with E-state index in [0.29, 0.717) is 6.04 Å². The standard InChI is InChI=1S/C14H23NOS/c1-14(2,7-8-16)10-15-13(11-5-6-11)12-4-3-9-17-12/h3-4,9,11,13,15-16H,5-8,10H2,1-2H3. The van der Waals surface area contributed by atoms with Gasteiger partial charge in [-0.3, -0.25) is 0 Å². The molecule has 0 saturated heterocycles. The van der Waals surface area contributed by atoms with Crippen LogP contribution in [0.25, 0.3) is 0 Å². The van der Waals surface area contributed by atoms with Gasteiger partial charge in [-0.1, -0.05) is 19.9 Å². The molecule has 96 valence electrons. The van der Waals surface area contributed by atoms with E-state index >= 15 is 0 Å². The molecule has 0 spiro atoms. The number of hydrogen-bond donors (Lipinski definition) is 2. The highest BCUT2D eigenvalue weighted by Crippen LogP contribution is 2.42. The number of aliphatic hydroxyl groups excluding tert-OH is 1. The van der Waals surface area contributed by atoms with Crippen LogP contribution in [0.1, 0.15) is 44.0 Å². The van der Waals surface area contributed by atoms with E-state index in [1.807, 2.05) is 11.3 Å². The second-order valence-corrected chi connectivity index (χ2v) is 6.83. The molecular weight excluding hydrogens is 230 g/mol. The van der Waals surface area contributed by atoms with Crippen molar-refractivity contribution < 1.29 is 5.11 Å². The van der Waals surface area contributed by atoms with E-state index < -0.39 is 0 Å². The van der Waals surface area contributed by atoms with Gasteiger partial charge in [0.25, 0.3) is 0 Å². The first kappa shape index (κ1) is 13.1. The van der Waals surface area contributed by atoms with Crippen molar-refractivity contribution in [2.45, 2.75) is 39.2 Å². The normalized spacial score (nSPS) is 18.3. The van der Waals surface area contributed by atoms with Crippen molar-refractivity contribution in [1.82, 2.24) is 5.32 Å². The quantitative estimate of drug-likeness (QED) is 0.782. The molecule has 1 aliphatic rings. The lowest BCUT2D eigenvalue weighted by atomic mass is 9.89. The third-order valence-electron chi connectivity index (χ3n) is 3.53. The van der Waals surface area contributed by atoms with Gasteiger partial charge < -0.3 is 10.4 Å². The van der Waals surface area contributed by atoms with Crippen LogP contribution in [-0.2, 0) is 0 Å². The molecule has 0 aromatic carbocycles. The van der Waals surface area contributed by atoms with Crippen molar-refractivity contribution in [1.29, 1.82) is 0 Å². The lowest BCUT2D eigenvalue weighted by Gasteiger charge is -2.27. The van der Waals surface area contributed by atoms with Gasteiger partial charge in [-0.25, -0.2) is 0 Å². The highest BCUT2D eigenvalue weighted by Gasteiger charge is 2.33. The molecule has 1 unspecified atom stereocenters. The van der Waals surface area contributed by atoms with E-state index in [2.05, 4.69) is 36.7 Å². The van der Waals surface area contributed by atoms with E-state index in [4.69, 9.17) is 5.11 Å². The Morgan fingerprint density at radius 3 is 2.82 bits per heavy atom. The van der Waals surface area contributed by atoms with Gasteiger partial charge in [-0.2, -0.15) is 0 Å². The van der Waals surface area contributed by atoms with Crippen LogP contribution in [0, 0.1) is 11.3 Å². The maximum absolute atomic E-state index is 9.05.